The Labute approximate surface area is 184 Å². The van der Waals surface area contributed by atoms with Gasteiger partial charge in [0.05, 0.1) is 19.9 Å². The van der Waals surface area contributed by atoms with Crippen LogP contribution in [-0.2, 0) is 0 Å². The number of benzene rings is 2. The molecule has 31 heavy (non-hydrogen) atoms. The van der Waals surface area contributed by atoms with Crippen LogP contribution in [0.3, 0.4) is 0 Å². The number of hydrogen-bond donors (Lipinski definition) is 3. The molecule has 166 valence electrons. The molecule has 2 aliphatic rings. The fourth-order valence-electron chi connectivity index (χ4n) is 4.60. The lowest BCUT2D eigenvalue weighted by atomic mass is 9.86. The van der Waals surface area contributed by atoms with Crippen LogP contribution in [-0.4, -0.2) is 44.3 Å². The van der Waals surface area contributed by atoms with Gasteiger partial charge in [-0.1, -0.05) is 29.8 Å². The zero-order valence-electron chi connectivity index (χ0n) is 18.5. The topological polar surface area (TPSA) is 74.9 Å². The minimum absolute atomic E-state index is 0.0861. The third kappa shape index (κ3) is 4.94. The number of likely N-dealkylation sites (tertiary alicyclic amines) is 1. The van der Waals surface area contributed by atoms with Gasteiger partial charge in [-0.3, -0.25) is 10.9 Å². The Morgan fingerprint density at radius 1 is 1.06 bits per heavy atom. The van der Waals surface area contributed by atoms with Crippen molar-refractivity contribution in [1.82, 2.24) is 15.8 Å². The molecule has 2 heterocycles. The quantitative estimate of drug-likeness (QED) is 0.680. The van der Waals surface area contributed by atoms with Crippen molar-refractivity contribution in [2.45, 2.75) is 38.3 Å². The molecule has 7 heteroatoms. The molecule has 0 aliphatic carbocycles. The second kappa shape index (κ2) is 9.58. The van der Waals surface area contributed by atoms with Crippen molar-refractivity contribution in [2.24, 2.45) is 5.92 Å². The van der Waals surface area contributed by atoms with E-state index in [1.807, 2.05) is 17.0 Å². The molecule has 2 unspecified atom stereocenters. The summed E-state index contributed by atoms with van der Waals surface area (Å²) in [5.74, 6) is 1.84. The van der Waals surface area contributed by atoms with Gasteiger partial charge in [-0.25, -0.2) is 4.79 Å². The minimum Gasteiger partial charge on any atom is -0.497 e. The van der Waals surface area contributed by atoms with Gasteiger partial charge < -0.3 is 19.7 Å². The molecule has 0 bridgehead atoms. The van der Waals surface area contributed by atoms with E-state index in [9.17, 15) is 4.79 Å². The molecular formula is C24H32N4O3. The first-order valence-electron chi connectivity index (χ1n) is 10.9. The number of nitrogens with one attached hydrogen (secondary N) is 3. The van der Waals surface area contributed by atoms with Crippen molar-refractivity contribution in [3.05, 3.63) is 53.6 Å². The number of carbonyl (C=O) groups excluding carboxylic acids is 1. The van der Waals surface area contributed by atoms with Gasteiger partial charge in [-0.05, 0) is 49.8 Å². The van der Waals surface area contributed by atoms with Crippen molar-refractivity contribution in [2.75, 3.05) is 32.6 Å². The maximum Gasteiger partial charge on any atom is 0.321 e. The predicted octanol–water partition coefficient (Wildman–Crippen LogP) is 3.86. The number of nitrogens with zero attached hydrogens (tertiary/aromatic N) is 1. The van der Waals surface area contributed by atoms with Crippen molar-refractivity contribution in [3.63, 3.8) is 0 Å². The molecule has 3 N–H and O–H groups in total. The van der Waals surface area contributed by atoms with Crippen LogP contribution in [0.4, 0.5) is 10.5 Å². The van der Waals surface area contributed by atoms with E-state index in [4.69, 9.17) is 9.47 Å². The number of hydrazine groups is 1. The van der Waals surface area contributed by atoms with E-state index < -0.39 is 0 Å². The standard InChI is InChI=1S/C24H32N4O3/c1-16-5-4-6-18(13-16)22-15-21(26-27-22)17-9-11-28(12-10-17)24(29)25-20-8-7-19(30-2)14-23(20)31-3/h4-8,13-14,17,21-22,26-27H,9-12,15H2,1-3H3,(H,25,29). The lowest BCUT2D eigenvalue weighted by Crippen LogP contribution is -2.45. The maximum atomic E-state index is 12.8. The van der Waals surface area contributed by atoms with Gasteiger partial charge in [0.25, 0.3) is 0 Å². The summed E-state index contributed by atoms with van der Waals surface area (Å²) in [5, 5.41) is 2.98. The highest BCUT2D eigenvalue weighted by atomic mass is 16.5. The molecule has 2 aromatic carbocycles. The summed E-state index contributed by atoms with van der Waals surface area (Å²) >= 11 is 0. The van der Waals surface area contributed by atoms with Crippen molar-refractivity contribution in [1.29, 1.82) is 0 Å². The van der Waals surface area contributed by atoms with E-state index in [0.29, 0.717) is 35.2 Å². The largest absolute Gasteiger partial charge is 0.497 e. The summed E-state index contributed by atoms with van der Waals surface area (Å²) in [6, 6.07) is 14.8. The number of rotatable bonds is 5. The summed E-state index contributed by atoms with van der Waals surface area (Å²) in [6.45, 7) is 3.64. The number of urea groups is 1. The van der Waals surface area contributed by atoms with Crippen LogP contribution in [0.25, 0.3) is 0 Å². The van der Waals surface area contributed by atoms with Gasteiger partial charge >= 0.3 is 6.03 Å². The number of aryl methyl sites for hydroxylation is 1. The van der Waals surface area contributed by atoms with Crippen molar-refractivity contribution < 1.29 is 14.3 Å². The first kappa shape index (κ1) is 21.5. The van der Waals surface area contributed by atoms with Crippen LogP contribution >= 0.6 is 0 Å². The van der Waals surface area contributed by atoms with E-state index in [1.165, 1.54) is 11.1 Å². The number of carbonyl (C=O) groups is 1. The lowest BCUT2D eigenvalue weighted by Gasteiger charge is -2.34. The van der Waals surface area contributed by atoms with Crippen LogP contribution in [0, 0.1) is 12.8 Å². The Balaban J connectivity index is 1.29. The monoisotopic (exact) mass is 424 g/mol. The highest BCUT2D eigenvalue weighted by Crippen LogP contribution is 2.32. The van der Waals surface area contributed by atoms with Gasteiger partial charge in [0, 0.05) is 31.2 Å². The first-order valence-corrected chi connectivity index (χ1v) is 10.9. The van der Waals surface area contributed by atoms with E-state index in [0.717, 1.165) is 32.4 Å². The van der Waals surface area contributed by atoms with E-state index in [-0.39, 0.29) is 6.03 Å². The molecule has 0 aromatic heterocycles. The molecule has 4 rings (SSSR count). The maximum absolute atomic E-state index is 12.8. The molecule has 0 saturated carbocycles. The molecule has 7 nitrogen and oxygen atoms in total. The van der Waals surface area contributed by atoms with E-state index in [2.05, 4.69) is 47.4 Å². The summed E-state index contributed by atoms with van der Waals surface area (Å²) in [4.78, 5) is 14.7. The lowest BCUT2D eigenvalue weighted by molar-refractivity contribution is 0.169. The molecule has 2 saturated heterocycles. The Hall–Kier alpha value is -2.77. The Morgan fingerprint density at radius 3 is 2.58 bits per heavy atom. The smallest absolute Gasteiger partial charge is 0.321 e. The molecule has 2 fully saturated rings. The average molecular weight is 425 g/mol. The molecular weight excluding hydrogens is 392 g/mol. The van der Waals surface area contributed by atoms with E-state index in [1.54, 1.807) is 20.3 Å². The second-order valence-corrected chi connectivity index (χ2v) is 8.42. The Bertz CT molecular complexity index is 911. The predicted molar refractivity (Wildman–Crippen MR) is 121 cm³/mol. The van der Waals surface area contributed by atoms with Crippen LogP contribution < -0.4 is 25.6 Å². The zero-order valence-corrected chi connectivity index (χ0v) is 18.5. The summed E-state index contributed by atoms with van der Waals surface area (Å²) in [5.41, 5.74) is 10.2. The van der Waals surface area contributed by atoms with Gasteiger partial charge in [-0.2, -0.15) is 0 Å². The number of methoxy groups -OCH3 is 2. The summed E-state index contributed by atoms with van der Waals surface area (Å²) < 4.78 is 10.6. The molecule has 2 aromatic rings. The molecule has 2 amide bonds. The van der Waals surface area contributed by atoms with E-state index >= 15 is 0 Å². The van der Waals surface area contributed by atoms with Gasteiger partial charge in [-0.15, -0.1) is 0 Å². The van der Waals surface area contributed by atoms with Crippen molar-refractivity contribution >= 4 is 11.7 Å². The highest BCUT2D eigenvalue weighted by Gasteiger charge is 2.34. The number of hydrogen-bond acceptors (Lipinski definition) is 5. The molecule has 0 radical (unpaired) electrons. The van der Waals surface area contributed by atoms with Crippen molar-refractivity contribution in [3.8, 4) is 11.5 Å². The normalized spacial score (nSPS) is 21.7. The zero-order chi connectivity index (χ0) is 21.8. The molecule has 2 aliphatic heterocycles. The average Bonchev–Trinajstić information content (AvgIpc) is 3.30. The summed E-state index contributed by atoms with van der Waals surface area (Å²) in [7, 11) is 3.19. The SMILES string of the molecule is COc1ccc(NC(=O)N2CCC(C3CC(c4cccc(C)c4)NN3)CC2)c(OC)c1. The minimum atomic E-state index is -0.0861. The Kier molecular flexibility index (Phi) is 6.63. The van der Waals surface area contributed by atoms with Crippen LogP contribution in [0.15, 0.2) is 42.5 Å². The number of piperidine rings is 1. The van der Waals surface area contributed by atoms with Gasteiger partial charge in [0.2, 0.25) is 0 Å². The molecule has 0 spiro atoms. The summed E-state index contributed by atoms with van der Waals surface area (Å²) in [6.07, 6.45) is 3.06. The third-order valence-electron chi connectivity index (χ3n) is 6.42. The number of amides is 2. The second-order valence-electron chi connectivity index (χ2n) is 8.42. The first-order chi connectivity index (χ1) is 15.1. The molecule has 2 atom stereocenters. The fraction of sp³-hybridized carbons (Fsp3) is 0.458. The van der Waals surface area contributed by atoms with Gasteiger partial charge in [0.1, 0.15) is 11.5 Å². The van der Waals surface area contributed by atoms with Crippen LogP contribution in [0.2, 0.25) is 0 Å². The highest BCUT2D eigenvalue weighted by molar-refractivity contribution is 5.91. The fourth-order valence-corrected chi connectivity index (χ4v) is 4.60. The third-order valence-corrected chi connectivity index (χ3v) is 6.42. The van der Waals surface area contributed by atoms with Crippen LogP contribution in [0.5, 0.6) is 11.5 Å². The Morgan fingerprint density at radius 2 is 1.87 bits per heavy atom. The van der Waals surface area contributed by atoms with Gasteiger partial charge in [0.15, 0.2) is 0 Å². The van der Waals surface area contributed by atoms with Crippen LogP contribution in [0.1, 0.15) is 36.4 Å². The number of ether oxygens (including phenoxy) is 2. The number of anilines is 1.